The monoisotopic (exact) mass is 310 g/mol. The van der Waals surface area contributed by atoms with E-state index in [-0.39, 0.29) is 5.75 Å². The van der Waals surface area contributed by atoms with E-state index < -0.39 is 10.0 Å². The van der Waals surface area contributed by atoms with Gasteiger partial charge in [0.25, 0.3) is 0 Å². The topological polar surface area (TPSA) is 40.6 Å². The van der Waals surface area contributed by atoms with Crippen molar-refractivity contribution in [2.24, 2.45) is 0 Å². The molecule has 0 aliphatic carbocycles. The largest absolute Gasteiger partial charge is 0.298 e. The molecule has 118 valence electrons. The molecule has 5 heteroatoms. The number of nitrogens with zero attached hydrogens (tertiary/aromatic N) is 2. The summed E-state index contributed by atoms with van der Waals surface area (Å²) in [4.78, 5) is 2.41. The Kier molecular flexibility index (Phi) is 5.79. The molecule has 0 amide bonds. The van der Waals surface area contributed by atoms with Gasteiger partial charge < -0.3 is 0 Å². The second kappa shape index (κ2) is 7.38. The van der Waals surface area contributed by atoms with Crippen LogP contribution in [-0.2, 0) is 16.4 Å². The van der Waals surface area contributed by atoms with Gasteiger partial charge in [-0.05, 0) is 32.3 Å². The minimum atomic E-state index is -3.02. The minimum Gasteiger partial charge on any atom is -0.298 e. The molecular weight excluding hydrogens is 284 g/mol. The van der Waals surface area contributed by atoms with Crippen molar-refractivity contribution in [3.63, 3.8) is 0 Å². The van der Waals surface area contributed by atoms with Gasteiger partial charge >= 0.3 is 0 Å². The van der Waals surface area contributed by atoms with Gasteiger partial charge in [-0.2, -0.15) is 4.31 Å². The highest BCUT2D eigenvalue weighted by molar-refractivity contribution is 7.89. The Morgan fingerprint density at radius 2 is 1.71 bits per heavy atom. The summed E-state index contributed by atoms with van der Waals surface area (Å²) in [5, 5.41) is 0. The average Bonchev–Trinajstić information content (AvgIpc) is 2.53. The maximum Gasteiger partial charge on any atom is 0.213 e. The Balaban J connectivity index is 1.79. The summed E-state index contributed by atoms with van der Waals surface area (Å²) in [5.41, 5.74) is 1.37. The second-order valence-electron chi connectivity index (χ2n) is 5.71. The number of rotatable bonds is 6. The highest BCUT2D eigenvalue weighted by Crippen LogP contribution is 2.14. The fourth-order valence-electron chi connectivity index (χ4n) is 2.81. The highest BCUT2D eigenvalue weighted by Gasteiger charge is 2.27. The van der Waals surface area contributed by atoms with Gasteiger partial charge in [0.05, 0.1) is 5.75 Å². The molecule has 2 rings (SSSR count). The summed E-state index contributed by atoms with van der Waals surface area (Å²) in [6.07, 6.45) is 2.19. The van der Waals surface area contributed by atoms with Crippen LogP contribution in [0.5, 0.6) is 0 Å². The van der Waals surface area contributed by atoms with Crippen LogP contribution in [0.15, 0.2) is 30.3 Å². The summed E-state index contributed by atoms with van der Waals surface area (Å²) >= 11 is 0. The van der Waals surface area contributed by atoms with Gasteiger partial charge in [0.1, 0.15) is 0 Å². The van der Waals surface area contributed by atoms with Crippen LogP contribution in [0, 0.1) is 0 Å². The molecule has 0 N–H and O–H groups in total. The van der Waals surface area contributed by atoms with E-state index in [4.69, 9.17) is 0 Å². The Hall–Kier alpha value is -0.910. The second-order valence-corrected chi connectivity index (χ2v) is 7.97. The molecule has 1 aliphatic heterocycles. The van der Waals surface area contributed by atoms with Gasteiger partial charge in [-0.1, -0.05) is 30.3 Å². The summed E-state index contributed by atoms with van der Waals surface area (Å²) in [7, 11) is -3.02. The molecule has 0 saturated carbocycles. The zero-order valence-electron chi connectivity index (χ0n) is 13.0. The van der Waals surface area contributed by atoms with E-state index in [2.05, 4.69) is 36.1 Å². The molecular formula is C16H26N2O2S. The molecule has 1 atom stereocenters. The Labute approximate surface area is 128 Å². The van der Waals surface area contributed by atoms with Crippen molar-refractivity contribution in [1.82, 2.24) is 9.21 Å². The number of sulfonamides is 1. The molecule has 0 unspecified atom stereocenters. The average molecular weight is 310 g/mol. The van der Waals surface area contributed by atoms with Crippen LogP contribution < -0.4 is 0 Å². The summed E-state index contributed by atoms with van der Waals surface area (Å²) in [6, 6.07) is 11.0. The summed E-state index contributed by atoms with van der Waals surface area (Å²) in [5.74, 6) is 0.205. The molecule has 1 fully saturated rings. The third-order valence-electron chi connectivity index (χ3n) is 4.35. The first kappa shape index (κ1) is 16.5. The van der Waals surface area contributed by atoms with Gasteiger partial charge in [0.2, 0.25) is 10.0 Å². The number of aryl methyl sites for hydroxylation is 1. The first-order chi connectivity index (χ1) is 10.0. The zero-order valence-corrected chi connectivity index (χ0v) is 13.8. The van der Waals surface area contributed by atoms with E-state index >= 15 is 0 Å². The highest BCUT2D eigenvalue weighted by atomic mass is 32.2. The first-order valence-electron chi connectivity index (χ1n) is 7.78. The van der Waals surface area contributed by atoms with Crippen molar-refractivity contribution in [2.75, 3.05) is 31.9 Å². The quantitative estimate of drug-likeness (QED) is 0.806. The molecule has 0 aromatic heterocycles. The summed E-state index contributed by atoms with van der Waals surface area (Å²) < 4.78 is 25.3. The lowest BCUT2D eigenvalue weighted by Gasteiger charge is -2.37. The Bertz CT molecular complexity index is 522. The third-order valence-corrected chi connectivity index (χ3v) is 6.23. The molecule has 1 saturated heterocycles. The van der Waals surface area contributed by atoms with Gasteiger partial charge in [0, 0.05) is 32.2 Å². The fraction of sp³-hybridized carbons (Fsp3) is 0.625. The van der Waals surface area contributed by atoms with Crippen molar-refractivity contribution >= 4 is 10.0 Å². The lowest BCUT2D eigenvalue weighted by Crippen LogP contribution is -2.51. The van der Waals surface area contributed by atoms with E-state index in [1.165, 1.54) is 5.56 Å². The predicted octanol–water partition coefficient (Wildman–Crippen LogP) is 1.97. The predicted molar refractivity (Wildman–Crippen MR) is 86.8 cm³/mol. The van der Waals surface area contributed by atoms with Gasteiger partial charge in [-0.3, -0.25) is 4.90 Å². The maximum absolute atomic E-state index is 11.8. The van der Waals surface area contributed by atoms with Crippen LogP contribution in [0.25, 0.3) is 0 Å². The van der Waals surface area contributed by atoms with Crippen molar-refractivity contribution in [3.05, 3.63) is 35.9 Å². The Morgan fingerprint density at radius 1 is 1.10 bits per heavy atom. The molecule has 21 heavy (non-hydrogen) atoms. The molecule has 1 aromatic rings. The molecule has 0 bridgehead atoms. The molecule has 0 radical (unpaired) electrons. The van der Waals surface area contributed by atoms with Crippen LogP contribution in [0.4, 0.5) is 0 Å². The standard InChI is InChI=1S/C16H26N2O2S/c1-3-21(19,20)18-13-11-17(12-14-18)15(2)9-10-16-7-5-4-6-8-16/h4-8,15H,3,9-14H2,1-2H3/t15-/m1/s1. The van der Waals surface area contributed by atoms with Crippen molar-refractivity contribution in [2.45, 2.75) is 32.7 Å². The van der Waals surface area contributed by atoms with Crippen LogP contribution in [-0.4, -0.2) is 55.6 Å². The number of piperazine rings is 1. The van der Waals surface area contributed by atoms with E-state index in [9.17, 15) is 8.42 Å². The fourth-order valence-corrected chi connectivity index (χ4v) is 3.89. The Morgan fingerprint density at radius 3 is 2.29 bits per heavy atom. The van der Waals surface area contributed by atoms with E-state index in [0.717, 1.165) is 25.9 Å². The zero-order chi connectivity index (χ0) is 15.3. The van der Waals surface area contributed by atoms with Crippen LogP contribution >= 0.6 is 0 Å². The maximum atomic E-state index is 11.8. The van der Waals surface area contributed by atoms with Crippen LogP contribution in [0.3, 0.4) is 0 Å². The van der Waals surface area contributed by atoms with Crippen LogP contribution in [0.1, 0.15) is 25.8 Å². The van der Waals surface area contributed by atoms with Crippen molar-refractivity contribution in [1.29, 1.82) is 0 Å². The van der Waals surface area contributed by atoms with Gasteiger partial charge in [-0.25, -0.2) is 8.42 Å². The van der Waals surface area contributed by atoms with Crippen molar-refractivity contribution in [3.8, 4) is 0 Å². The molecule has 0 spiro atoms. The number of benzene rings is 1. The lowest BCUT2D eigenvalue weighted by atomic mass is 10.0. The summed E-state index contributed by atoms with van der Waals surface area (Å²) in [6.45, 7) is 6.90. The minimum absolute atomic E-state index is 0.205. The van der Waals surface area contributed by atoms with Gasteiger partial charge in [0.15, 0.2) is 0 Å². The first-order valence-corrected chi connectivity index (χ1v) is 9.39. The van der Waals surface area contributed by atoms with E-state index in [0.29, 0.717) is 19.1 Å². The molecule has 1 heterocycles. The third kappa shape index (κ3) is 4.53. The molecule has 4 nitrogen and oxygen atoms in total. The van der Waals surface area contributed by atoms with Crippen LogP contribution in [0.2, 0.25) is 0 Å². The van der Waals surface area contributed by atoms with E-state index in [1.807, 2.05) is 6.07 Å². The van der Waals surface area contributed by atoms with Crippen molar-refractivity contribution < 1.29 is 8.42 Å². The van der Waals surface area contributed by atoms with E-state index in [1.54, 1.807) is 11.2 Å². The SMILES string of the molecule is CCS(=O)(=O)N1CCN([C@H](C)CCc2ccccc2)CC1. The molecule has 1 aliphatic rings. The smallest absolute Gasteiger partial charge is 0.213 e. The normalized spacial score (nSPS) is 19.5. The molecule has 1 aromatic carbocycles. The number of hydrogen-bond donors (Lipinski definition) is 0. The lowest BCUT2D eigenvalue weighted by molar-refractivity contribution is 0.140. The van der Waals surface area contributed by atoms with Gasteiger partial charge in [-0.15, -0.1) is 0 Å². The number of hydrogen-bond acceptors (Lipinski definition) is 3.